The van der Waals surface area contributed by atoms with Gasteiger partial charge < -0.3 is 4.74 Å². The molecule has 0 saturated heterocycles. The monoisotopic (exact) mass is 234 g/mol. The Morgan fingerprint density at radius 2 is 2.12 bits per heavy atom. The molecule has 82 valence electrons. The summed E-state index contributed by atoms with van der Waals surface area (Å²) in [6, 6.07) is 7.11. The minimum Gasteiger partial charge on any atom is -0.465 e. The van der Waals surface area contributed by atoms with Crippen LogP contribution in [0.25, 0.3) is 0 Å². The molecule has 2 rings (SSSR count). The Morgan fingerprint density at radius 1 is 1.44 bits per heavy atom. The van der Waals surface area contributed by atoms with Crippen molar-refractivity contribution in [3.63, 3.8) is 0 Å². The SMILES string of the molecule is COC(=O)c1ccccc1C#CC1(Cl)CC1. The number of ether oxygens (including phenoxy) is 1. The summed E-state index contributed by atoms with van der Waals surface area (Å²) in [5.41, 5.74) is 1.15. The fourth-order valence-corrected chi connectivity index (χ4v) is 1.44. The van der Waals surface area contributed by atoms with E-state index in [0.29, 0.717) is 11.1 Å². The van der Waals surface area contributed by atoms with E-state index in [0.717, 1.165) is 12.8 Å². The van der Waals surface area contributed by atoms with Gasteiger partial charge in [-0.15, -0.1) is 11.6 Å². The van der Waals surface area contributed by atoms with E-state index in [2.05, 4.69) is 16.6 Å². The molecule has 3 heteroatoms. The van der Waals surface area contributed by atoms with Gasteiger partial charge in [0.1, 0.15) is 4.87 Å². The predicted molar refractivity (Wildman–Crippen MR) is 62.5 cm³/mol. The van der Waals surface area contributed by atoms with Crippen LogP contribution >= 0.6 is 11.6 Å². The van der Waals surface area contributed by atoms with E-state index >= 15 is 0 Å². The molecule has 0 N–H and O–H groups in total. The van der Waals surface area contributed by atoms with Crippen LogP contribution in [0.3, 0.4) is 0 Å². The van der Waals surface area contributed by atoms with Crippen molar-refractivity contribution in [1.29, 1.82) is 0 Å². The van der Waals surface area contributed by atoms with E-state index in [1.807, 2.05) is 6.07 Å². The van der Waals surface area contributed by atoms with Crippen molar-refractivity contribution < 1.29 is 9.53 Å². The lowest BCUT2D eigenvalue weighted by Gasteiger charge is -2.01. The molecule has 2 nitrogen and oxygen atoms in total. The Bertz CT molecular complexity index is 478. The van der Waals surface area contributed by atoms with Crippen molar-refractivity contribution in [2.75, 3.05) is 7.11 Å². The van der Waals surface area contributed by atoms with Gasteiger partial charge in [-0.2, -0.15) is 0 Å². The van der Waals surface area contributed by atoms with Crippen LogP contribution in [0.2, 0.25) is 0 Å². The van der Waals surface area contributed by atoms with Gasteiger partial charge in [-0.25, -0.2) is 4.79 Å². The molecule has 0 radical (unpaired) electrons. The van der Waals surface area contributed by atoms with Gasteiger partial charge in [-0.3, -0.25) is 0 Å². The standard InChI is InChI=1S/C13H11ClO2/c1-16-12(15)11-5-3-2-4-10(11)6-7-13(14)8-9-13/h2-5H,8-9H2,1H3. The van der Waals surface area contributed by atoms with Crippen LogP contribution in [0.15, 0.2) is 24.3 Å². The third-order valence-electron chi connectivity index (χ3n) is 2.44. The number of hydrogen-bond acceptors (Lipinski definition) is 2. The molecule has 0 amide bonds. The normalized spacial score (nSPS) is 15.9. The van der Waals surface area contributed by atoms with Crippen molar-refractivity contribution in [1.82, 2.24) is 0 Å². The Hall–Kier alpha value is -1.46. The number of carbonyl (C=O) groups excluding carboxylic acids is 1. The van der Waals surface area contributed by atoms with E-state index in [4.69, 9.17) is 11.6 Å². The average Bonchev–Trinajstić information content (AvgIpc) is 3.05. The lowest BCUT2D eigenvalue weighted by atomic mass is 10.1. The fraction of sp³-hybridized carbons (Fsp3) is 0.308. The van der Waals surface area contributed by atoms with Crippen LogP contribution in [0.4, 0.5) is 0 Å². The van der Waals surface area contributed by atoms with Gasteiger partial charge in [0.15, 0.2) is 0 Å². The highest BCUT2D eigenvalue weighted by Gasteiger charge is 2.38. The fourth-order valence-electron chi connectivity index (χ4n) is 1.29. The Labute approximate surface area is 99.6 Å². The van der Waals surface area contributed by atoms with Gasteiger partial charge >= 0.3 is 5.97 Å². The maximum atomic E-state index is 11.5. The molecule has 1 fully saturated rings. The number of esters is 1. The quantitative estimate of drug-likeness (QED) is 0.424. The highest BCUT2D eigenvalue weighted by atomic mass is 35.5. The minimum absolute atomic E-state index is 0.358. The second-order valence-corrected chi connectivity index (χ2v) is 4.48. The van der Waals surface area contributed by atoms with Gasteiger partial charge in [-0.05, 0) is 25.0 Å². The second-order valence-electron chi connectivity index (χ2n) is 3.75. The zero-order valence-corrected chi connectivity index (χ0v) is 9.67. The molecular formula is C13H11ClO2. The van der Waals surface area contributed by atoms with Crippen molar-refractivity contribution in [3.05, 3.63) is 35.4 Å². The Morgan fingerprint density at radius 3 is 2.75 bits per heavy atom. The van der Waals surface area contributed by atoms with Crippen LogP contribution in [-0.2, 0) is 4.74 Å². The number of carbonyl (C=O) groups is 1. The number of hydrogen-bond donors (Lipinski definition) is 0. The topological polar surface area (TPSA) is 26.3 Å². The molecule has 0 spiro atoms. The summed E-state index contributed by atoms with van der Waals surface area (Å²) in [7, 11) is 1.36. The predicted octanol–water partition coefficient (Wildman–Crippen LogP) is 2.60. The molecule has 1 saturated carbocycles. The van der Waals surface area contributed by atoms with Gasteiger partial charge in [-0.1, -0.05) is 24.0 Å². The first kappa shape index (κ1) is 11.0. The minimum atomic E-state index is -0.371. The molecular weight excluding hydrogens is 224 g/mol. The first-order valence-electron chi connectivity index (χ1n) is 5.04. The van der Waals surface area contributed by atoms with Gasteiger partial charge in [0.05, 0.1) is 12.7 Å². The maximum absolute atomic E-state index is 11.5. The molecule has 1 aromatic carbocycles. The first-order valence-corrected chi connectivity index (χ1v) is 5.42. The molecule has 1 aliphatic rings. The van der Waals surface area contributed by atoms with Crippen molar-refractivity contribution in [2.24, 2.45) is 0 Å². The third kappa shape index (κ3) is 2.37. The number of benzene rings is 1. The summed E-state index contributed by atoms with van der Waals surface area (Å²) in [5, 5.41) is 0. The summed E-state index contributed by atoms with van der Waals surface area (Å²) in [6.45, 7) is 0. The number of halogens is 1. The largest absolute Gasteiger partial charge is 0.465 e. The summed E-state index contributed by atoms with van der Waals surface area (Å²) in [6.07, 6.45) is 1.84. The molecule has 1 aromatic rings. The third-order valence-corrected chi connectivity index (χ3v) is 2.92. The van der Waals surface area contributed by atoms with Crippen LogP contribution in [0.1, 0.15) is 28.8 Å². The van der Waals surface area contributed by atoms with E-state index in [1.165, 1.54) is 7.11 Å². The highest BCUT2D eigenvalue weighted by Crippen LogP contribution is 2.41. The number of rotatable bonds is 1. The molecule has 0 atom stereocenters. The van der Waals surface area contributed by atoms with Crippen LogP contribution in [0, 0.1) is 11.8 Å². The maximum Gasteiger partial charge on any atom is 0.339 e. The molecule has 1 aliphatic carbocycles. The zero-order valence-electron chi connectivity index (χ0n) is 8.92. The number of methoxy groups -OCH3 is 1. The zero-order chi connectivity index (χ0) is 11.6. The van der Waals surface area contributed by atoms with E-state index < -0.39 is 0 Å². The summed E-state index contributed by atoms with van der Waals surface area (Å²) >= 11 is 6.07. The molecule has 0 unspecified atom stereocenters. The average molecular weight is 235 g/mol. The lowest BCUT2D eigenvalue weighted by molar-refractivity contribution is 0.0600. The molecule has 0 aromatic heterocycles. The van der Waals surface area contributed by atoms with E-state index in [-0.39, 0.29) is 10.8 Å². The van der Waals surface area contributed by atoms with Gasteiger partial charge in [0, 0.05) is 5.56 Å². The van der Waals surface area contributed by atoms with Crippen LogP contribution < -0.4 is 0 Å². The summed E-state index contributed by atoms with van der Waals surface area (Å²) in [4.78, 5) is 11.1. The van der Waals surface area contributed by atoms with Crippen LogP contribution in [0.5, 0.6) is 0 Å². The van der Waals surface area contributed by atoms with Gasteiger partial charge in [0.2, 0.25) is 0 Å². The summed E-state index contributed by atoms with van der Waals surface area (Å²) < 4.78 is 4.68. The molecule has 0 aliphatic heterocycles. The van der Waals surface area contributed by atoms with E-state index in [9.17, 15) is 4.79 Å². The first-order chi connectivity index (χ1) is 7.64. The molecule has 0 bridgehead atoms. The Kier molecular flexibility index (Phi) is 2.89. The number of alkyl halides is 1. The molecule has 0 heterocycles. The van der Waals surface area contributed by atoms with E-state index in [1.54, 1.807) is 18.2 Å². The van der Waals surface area contributed by atoms with Gasteiger partial charge in [0.25, 0.3) is 0 Å². The smallest absolute Gasteiger partial charge is 0.339 e. The highest BCUT2D eigenvalue weighted by molar-refractivity contribution is 6.28. The second kappa shape index (κ2) is 4.19. The lowest BCUT2D eigenvalue weighted by Crippen LogP contribution is -2.03. The van der Waals surface area contributed by atoms with Crippen LogP contribution in [-0.4, -0.2) is 18.0 Å². The van der Waals surface area contributed by atoms with Crippen molar-refractivity contribution in [2.45, 2.75) is 17.7 Å². The summed E-state index contributed by atoms with van der Waals surface area (Å²) in [5.74, 6) is 5.55. The van der Waals surface area contributed by atoms with Crippen molar-refractivity contribution >= 4 is 17.6 Å². The Balaban J connectivity index is 2.32. The molecule has 16 heavy (non-hydrogen) atoms. The van der Waals surface area contributed by atoms with Crippen molar-refractivity contribution in [3.8, 4) is 11.8 Å².